The Morgan fingerprint density at radius 2 is 2.14 bits per heavy atom. The van der Waals surface area contributed by atoms with Gasteiger partial charge in [-0.15, -0.1) is 5.10 Å². The van der Waals surface area contributed by atoms with Gasteiger partial charge >= 0.3 is 0 Å². The van der Waals surface area contributed by atoms with Gasteiger partial charge in [-0.05, 0) is 30.5 Å². The van der Waals surface area contributed by atoms with Gasteiger partial charge < -0.3 is 9.84 Å². The molecule has 6 heteroatoms. The molecule has 2 aromatic rings. The molecule has 0 amide bonds. The standard InChI is InChI=1S/C16H22N4O2/c1-22-12-13-3-2-4-15(9-13)20-11-14(17-18-20)10-19-7-5-16(21)6-8-19/h2-4,9,11,16,21H,5-8,10,12H2,1H3. The fraction of sp³-hybridized carbons (Fsp3) is 0.500. The van der Waals surface area contributed by atoms with Crippen molar-refractivity contribution in [2.75, 3.05) is 20.2 Å². The maximum Gasteiger partial charge on any atom is 0.0971 e. The molecule has 6 nitrogen and oxygen atoms in total. The van der Waals surface area contributed by atoms with E-state index in [9.17, 15) is 5.11 Å². The zero-order valence-corrected chi connectivity index (χ0v) is 12.9. The summed E-state index contributed by atoms with van der Waals surface area (Å²) >= 11 is 0. The summed E-state index contributed by atoms with van der Waals surface area (Å²) in [5.41, 5.74) is 3.05. The van der Waals surface area contributed by atoms with Gasteiger partial charge in [0.2, 0.25) is 0 Å². The number of piperidine rings is 1. The van der Waals surface area contributed by atoms with Crippen LogP contribution in [0.15, 0.2) is 30.5 Å². The lowest BCUT2D eigenvalue weighted by Gasteiger charge is -2.28. The first-order valence-corrected chi connectivity index (χ1v) is 7.64. The molecule has 1 aromatic heterocycles. The van der Waals surface area contributed by atoms with Crippen LogP contribution in [0.3, 0.4) is 0 Å². The first kappa shape index (κ1) is 15.1. The van der Waals surface area contributed by atoms with Crippen molar-refractivity contribution >= 4 is 0 Å². The smallest absolute Gasteiger partial charge is 0.0971 e. The molecule has 1 aromatic carbocycles. The van der Waals surface area contributed by atoms with Crippen LogP contribution in [0.25, 0.3) is 5.69 Å². The van der Waals surface area contributed by atoms with Crippen LogP contribution in [0.1, 0.15) is 24.1 Å². The third-order valence-corrected chi connectivity index (χ3v) is 3.97. The number of aliphatic hydroxyl groups is 1. The number of hydrogen-bond donors (Lipinski definition) is 1. The van der Waals surface area contributed by atoms with Crippen molar-refractivity contribution in [2.24, 2.45) is 0 Å². The lowest BCUT2D eigenvalue weighted by Crippen LogP contribution is -2.35. The quantitative estimate of drug-likeness (QED) is 0.904. The first-order chi connectivity index (χ1) is 10.7. The fourth-order valence-electron chi connectivity index (χ4n) is 2.76. The molecule has 2 heterocycles. The molecule has 0 unspecified atom stereocenters. The van der Waals surface area contributed by atoms with Crippen LogP contribution in [0.4, 0.5) is 0 Å². The number of aromatic nitrogens is 3. The van der Waals surface area contributed by atoms with Crippen molar-refractivity contribution in [3.05, 3.63) is 41.7 Å². The average Bonchev–Trinajstić information content (AvgIpc) is 2.99. The van der Waals surface area contributed by atoms with E-state index in [-0.39, 0.29) is 6.10 Å². The second kappa shape index (κ2) is 7.00. The molecule has 1 N–H and O–H groups in total. The van der Waals surface area contributed by atoms with Gasteiger partial charge in [-0.2, -0.15) is 0 Å². The molecule has 1 fully saturated rings. The molecule has 0 radical (unpaired) electrons. The van der Waals surface area contributed by atoms with Crippen LogP contribution in [0.2, 0.25) is 0 Å². The number of aliphatic hydroxyl groups excluding tert-OH is 1. The van der Waals surface area contributed by atoms with Gasteiger partial charge in [-0.3, -0.25) is 4.90 Å². The Balaban J connectivity index is 1.67. The Hall–Kier alpha value is -1.76. The molecule has 1 aliphatic heterocycles. The van der Waals surface area contributed by atoms with Crippen molar-refractivity contribution in [2.45, 2.75) is 32.1 Å². The molecule has 1 aliphatic rings. The second-order valence-electron chi connectivity index (χ2n) is 5.76. The van der Waals surface area contributed by atoms with E-state index >= 15 is 0 Å². The first-order valence-electron chi connectivity index (χ1n) is 7.64. The highest BCUT2D eigenvalue weighted by molar-refractivity contribution is 5.34. The van der Waals surface area contributed by atoms with E-state index in [0.717, 1.165) is 49.4 Å². The van der Waals surface area contributed by atoms with Crippen LogP contribution in [-0.2, 0) is 17.9 Å². The summed E-state index contributed by atoms with van der Waals surface area (Å²) in [6.45, 7) is 3.20. The zero-order chi connectivity index (χ0) is 15.4. The maximum absolute atomic E-state index is 9.55. The molecule has 22 heavy (non-hydrogen) atoms. The predicted molar refractivity (Wildman–Crippen MR) is 82.6 cm³/mol. The minimum atomic E-state index is -0.143. The number of rotatable bonds is 5. The van der Waals surface area contributed by atoms with Gasteiger partial charge in [0.25, 0.3) is 0 Å². The highest BCUT2D eigenvalue weighted by Gasteiger charge is 2.18. The highest BCUT2D eigenvalue weighted by Crippen LogP contribution is 2.14. The minimum absolute atomic E-state index is 0.143. The van der Waals surface area contributed by atoms with Crippen molar-refractivity contribution in [1.82, 2.24) is 19.9 Å². The summed E-state index contributed by atoms with van der Waals surface area (Å²) in [7, 11) is 1.69. The average molecular weight is 302 g/mol. The van der Waals surface area contributed by atoms with Crippen LogP contribution in [-0.4, -0.2) is 51.3 Å². The molecular weight excluding hydrogens is 280 g/mol. The largest absolute Gasteiger partial charge is 0.393 e. The predicted octanol–water partition coefficient (Wildman–Crippen LogP) is 1.37. The molecule has 0 aliphatic carbocycles. The van der Waals surface area contributed by atoms with Crippen LogP contribution < -0.4 is 0 Å². The SMILES string of the molecule is COCc1cccc(-n2cc(CN3CCC(O)CC3)nn2)c1. The van der Waals surface area contributed by atoms with E-state index in [1.54, 1.807) is 11.8 Å². The van der Waals surface area contributed by atoms with Gasteiger partial charge in [0.15, 0.2) is 0 Å². The zero-order valence-electron chi connectivity index (χ0n) is 12.9. The molecule has 0 atom stereocenters. The van der Waals surface area contributed by atoms with Crippen LogP contribution >= 0.6 is 0 Å². The van der Waals surface area contributed by atoms with Gasteiger partial charge in [0.05, 0.1) is 30.3 Å². The van der Waals surface area contributed by atoms with Gasteiger partial charge in [-0.25, -0.2) is 4.68 Å². The van der Waals surface area contributed by atoms with E-state index in [1.807, 2.05) is 24.4 Å². The molecule has 1 saturated heterocycles. The summed E-state index contributed by atoms with van der Waals surface area (Å²) in [4.78, 5) is 2.31. The van der Waals surface area contributed by atoms with Crippen LogP contribution in [0, 0.1) is 0 Å². The van der Waals surface area contributed by atoms with Crippen molar-refractivity contribution in [3.8, 4) is 5.69 Å². The number of hydrogen-bond acceptors (Lipinski definition) is 5. The van der Waals surface area contributed by atoms with Gasteiger partial charge in [0.1, 0.15) is 0 Å². The Bertz CT molecular complexity index is 606. The normalized spacial score (nSPS) is 17.0. The summed E-state index contributed by atoms with van der Waals surface area (Å²) in [6.07, 6.45) is 3.51. The highest BCUT2D eigenvalue weighted by atomic mass is 16.5. The summed E-state index contributed by atoms with van der Waals surface area (Å²) in [5, 5.41) is 18.0. The maximum atomic E-state index is 9.55. The lowest BCUT2D eigenvalue weighted by molar-refractivity contribution is 0.0786. The molecule has 118 valence electrons. The third-order valence-electron chi connectivity index (χ3n) is 3.97. The fourth-order valence-corrected chi connectivity index (χ4v) is 2.76. The number of nitrogens with zero attached hydrogens (tertiary/aromatic N) is 4. The number of methoxy groups -OCH3 is 1. The van der Waals surface area contributed by atoms with Crippen LogP contribution in [0.5, 0.6) is 0 Å². The Labute approximate surface area is 130 Å². The summed E-state index contributed by atoms with van der Waals surface area (Å²) in [5.74, 6) is 0. The molecule has 0 spiro atoms. The number of benzene rings is 1. The lowest BCUT2D eigenvalue weighted by atomic mass is 10.1. The Morgan fingerprint density at radius 1 is 1.32 bits per heavy atom. The van der Waals surface area contributed by atoms with E-state index in [0.29, 0.717) is 6.61 Å². The molecule has 0 saturated carbocycles. The van der Waals surface area contributed by atoms with E-state index in [4.69, 9.17) is 4.74 Å². The van der Waals surface area contributed by atoms with Gasteiger partial charge in [0, 0.05) is 26.7 Å². The second-order valence-corrected chi connectivity index (χ2v) is 5.76. The van der Waals surface area contributed by atoms with Crippen molar-refractivity contribution < 1.29 is 9.84 Å². The van der Waals surface area contributed by atoms with E-state index in [1.165, 1.54) is 0 Å². The summed E-state index contributed by atoms with van der Waals surface area (Å²) in [6, 6.07) is 8.09. The van der Waals surface area contributed by atoms with Gasteiger partial charge in [-0.1, -0.05) is 17.3 Å². The van der Waals surface area contributed by atoms with Crippen molar-refractivity contribution in [3.63, 3.8) is 0 Å². The number of likely N-dealkylation sites (tertiary alicyclic amines) is 1. The van der Waals surface area contributed by atoms with E-state index < -0.39 is 0 Å². The topological polar surface area (TPSA) is 63.4 Å². The Kier molecular flexibility index (Phi) is 4.82. The Morgan fingerprint density at radius 3 is 2.91 bits per heavy atom. The number of ether oxygens (including phenoxy) is 1. The van der Waals surface area contributed by atoms with E-state index in [2.05, 4.69) is 21.3 Å². The molecule has 0 bridgehead atoms. The third kappa shape index (κ3) is 3.71. The molecule has 3 rings (SSSR count). The van der Waals surface area contributed by atoms with Crippen molar-refractivity contribution in [1.29, 1.82) is 0 Å². The summed E-state index contributed by atoms with van der Waals surface area (Å²) < 4.78 is 6.96. The molecular formula is C16H22N4O2. The monoisotopic (exact) mass is 302 g/mol. The minimum Gasteiger partial charge on any atom is -0.393 e.